The van der Waals surface area contributed by atoms with Crippen molar-refractivity contribution in [2.75, 3.05) is 53.5 Å². The molecule has 1 aromatic carbocycles. The van der Waals surface area contributed by atoms with Gasteiger partial charge in [-0.1, -0.05) is 46.3 Å². The highest BCUT2D eigenvalue weighted by Gasteiger charge is 2.46. The van der Waals surface area contributed by atoms with Gasteiger partial charge in [0.05, 0.1) is 41.3 Å². The van der Waals surface area contributed by atoms with Crippen molar-refractivity contribution in [2.24, 2.45) is 22.2 Å². The van der Waals surface area contributed by atoms with E-state index in [0.29, 0.717) is 42.3 Å². The Morgan fingerprint density at radius 1 is 1.16 bits per heavy atom. The fraction of sp³-hybridized carbons (Fsp3) is 0.582. The lowest BCUT2D eigenvalue weighted by molar-refractivity contribution is -0.189. The molecule has 0 unspecified atom stereocenters. The second-order valence-corrected chi connectivity index (χ2v) is 22.3. The maximum Gasteiger partial charge on any atom is 0.355 e. The van der Waals surface area contributed by atoms with E-state index >= 15 is 0 Å². The molecule has 6 heterocycles. The van der Waals surface area contributed by atoms with Gasteiger partial charge in [0, 0.05) is 105 Å². The van der Waals surface area contributed by atoms with Gasteiger partial charge in [0.1, 0.15) is 17.1 Å². The van der Waals surface area contributed by atoms with Gasteiger partial charge >= 0.3 is 5.97 Å². The molecule has 17 nitrogen and oxygen atoms in total. The molecule has 6 bridgehead atoms. The molecule has 0 aliphatic carbocycles. The van der Waals surface area contributed by atoms with Gasteiger partial charge in [-0.05, 0) is 95.9 Å². The molecule has 18 heteroatoms. The zero-order chi connectivity index (χ0) is 53.2. The molecule has 7 rings (SSSR count). The van der Waals surface area contributed by atoms with E-state index < -0.39 is 52.5 Å². The van der Waals surface area contributed by atoms with Crippen molar-refractivity contribution in [2.45, 2.75) is 137 Å². The van der Waals surface area contributed by atoms with Crippen LogP contribution in [0.5, 0.6) is 0 Å². The van der Waals surface area contributed by atoms with Crippen LogP contribution in [-0.4, -0.2) is 153 Å². The van der Waals surface area contributed by atoms with Gasteiger partial charge in [-0.3, -0.25) is 34.1 Å². The fourth-order valence-corrected chi connectivity index (χ4v) is 11.3. The molecule has 4 aliphatic heterocycles. The zero-order valence-electron chi connectivity index (χ0n) is 44.6. The van der Waals surface area contributed by atoms with Crippen LogP contribution >= 0.6 is 11.3 Å². The maximum absolute atomic E-state index is 14.8. The van der Waals surface area contributed by atoms with Gasteiger partial charge in [0.15, 0.2) is 0 Å². The molecule has 73 heavy (non-hydrogen) atoms. The Hall–Kier alpha value is -5.71. The Labute approximate surface area is 434 Å². The van der Waals surface area contributed by atoms with E-state index in [0.717, 1.165) is 52.8 Å². The van der Waals surface area contributed by atoms with Gasteiger partial charge in [-0.2, -0.15) is 5.43 Å². The molecule has 0 saturated carbocycles. The van der Waals surface area contributed by atoms with E-state index in [2.05, 4.69) is 57.7 Å². The number of likely N-dealkylation sites (tertiary alicyclic amines) is 2. The van der Waals surface area contributed by atoms with Gasteiger partial charge in [0.25, 0.3) is 11.8 Å². The summed E-state index contributed by atoms with van der Waals surface area (Å²) in [6.07, 6.45) is 5.36. The summed E-state index contributed by atoms with van der Waals surface area (Å²) >= 11 is 1.42. The fourth-order valence-electron chi connectivity index (χ4n) is 10.5. The summed E-state index contributed by atoms with van der Waals surface area (Å²) in [5.41, 5.74) is 5.20. The summed E-state index contributed by atoms with van der Waals surface area (Å²) in [5.74, 6) is 2.30. The molecule has 3 saturated heterocycles. The number of aliphatic imine (C=N–C) groups is 1. The second-order valence-electron chi connectivity index (χ2n) is 21.5. The average Bonchev–Trinajstić information content (AvgIpc) is 4.09. The number of allylic oxidation sites excluding steroid dienone is 2. The minimum absolute atomic E-state index is 0.0268. The average molecular weight is 1020 g/mol. The largest absolute Gasteiger partial charge is 0.462 e. The number of carbonyl (C=O) groups excluding carboxylic acids is 5. The molecule has 4 aliphatic rings. The zero-order valence-corrected chi connectivity index (χ0v) is 45.4. The first-order valence-electron chi connectivity index (χ1n) is 25.7. The lowest BCUT2D eigenvalue weighted by Gasteiger charge is -2.41. The van der Waals surface area contributed by atoms with Crippen LogP contribution in [0.2, 0.25) is 0 Å². The van der Waals surface area contributed by atoms with Gasteiger partial charge in [-0.15, -0.1) is 11.3 Å². The highest BCUT2D eigenvalue weighted by Crippen LogP contribution is 2.41. The van der Waals surface area contributed by atoms with Crippen LogP contribution < -0.4 is 10.7 Å². The molecular weight excluding hydrogens is 947 g/mol. The molecule has 3 N–H and O–H groups in total. The normalized spacial score (nSPS) is 23.0. The van der Waals surface area contributed by atoms with E-state index in [1.165, 1.54) is 21.2 Å². The van der Waals surface area contributed by atoms with Crippen molar-refractivity contribution in [3.8, 4) is 22.4 Å². The number of hydrogen-bond acceptors (Lipinski definition) is 13. The maximum atomic E-state index is 14.8. The van der Waals surface area contributed by atoms with E-state index in [1.54, 1.807) is 25.3 Å². The minimum atomic E-state index is -2.25. The number of aromatic nitrogens is 2. The second kappa shape index (κ2) is 22.4. The number of thiazole rings is 1. The van der Waals surface area contributed by atoms with Crippen LogP contribution in [0.1, 0.15) is 105 Å². The van der Waals surface area contributed by atoms with Gasteiger partial charge < -0.3 is 34.3 Å². The predicted molar refractivity (Wildman–Crippen MR) is 284 cm³/mol. The number of nitrogens with one attached hydrogen (secondary N) is 2. The number of likely N-dealkylation sites (N-methyl/N-ethyl adjacent to an activating group) is 1. The highest BCUT2D eigenvalue weighted by molar-refractivity contribution is 7.13. The number of cyclic esters (lactones) is 1. The first-order valence-corrected chi connectivity index (χ1v) is 26.6. The van der Waals surface area contributed by atoms with Crippen molar-refractivity contribution in [1.82, 2.24) is 40.0 Å². The number of amides is 4. The first kappa shape index (κ1) is 55.0. The van der Waals surface area contributed by atoms with E-state index in [-0.39, 0.29) is 62.8 Å². The number of nitrogens with zero attached hydrogens (tertiary/aromatic N) is 7. The Morgan fingerprint density at radius 2 is 1.90 bits per heavy atom. The number of hydrazine groups is 1. The molecular formula is C55H75N9O8S. The van der Waals surface area contributed by atoms with Crippen LogP contribution in [0.4, 0.5) is 0 Å². The lowest BCUT2D eigenvalue weighted by atomic mass is 9.84. The van der Waals surface area contributed by atoms with Crippen molar-refractivity contribution in [3.05, 3.63) is 58.9 Å². The van der Waals surface area contributed by atoms with Crippen LogP contribution in [0, 0.1) is 29.1 Å². The SMILES string of the molecule is C=C/C(=C(\N=C/C)[C@H](C)OC)c1c2c3cc(ccc3n1CC)-c1nc(cs1)C[C@H](NC(=O)[C@H](C(C)C)N(C)C(=O)[C@H]1CCN(C(=O)C#CC(C)(C)N3CCC3)C1)C(=O)N1CCC[C@@](O)(N1)C(=O)OCC(C)(C)C2. The minimum Gasteiger partial charge on any atom is -0.462 e. The number of rotatable bonds is 12. The lowest BCUT2D eigenvalue weighted by Crippen LogP contribution is -2.67. The third-order valence-corrected chi connectivity index (χ3v) is 15.7. The topological polar surface area (TPSA) is 191 Å². The summed E-state index contributed by atoms with van der Waals surface area (Å²) < 4.78 is 14.0. The number of ether oxygens (including phenoxy) is 2. The smallest absolute Gasteiger partial charge is 0.355 e. The standard InChI is InChI=1S/C55H75N9O8S/c1-13-39(45(56-14-2)35(6)71-12)47-41-30-53(7,8)33-72-52(69)55(70)22-16-26-64(59-55)51(68)42(29-38-32-73-49(57-38)36-18-19-43(40(41)28-36)63(47)15-3)58-48(66)46(34(4)5)60(11)50(67)37-21-27-61(31-37)44(65)20-23-54(9,10)62-24-17-25-62/h13-14,18-19,28,32,34-35,37,42,46,59,70H,1,15-17,21-22,24-27,29-31,33H2,2-12H3,(H,58,66)/b45-39+,56-14-/t35-,37-,42-,46-,55-/m0/s1. The Bertz CT molecular complexity index is 2740. The first-order chi connectivity index (χ1) is 34.6. The number of hydrogen-bond donors (Lipinski definition) is 3. The van der Waals surface area contributed by atoms with E-state index in [4.69, 9.17) is 19.5 Å². The van der Waals surface area contributed by atoms with Crippen molar-refractivity contribution in [3.63, 3.8) is 0 Å². The number of carbonyl (C=O) groups is 5. The highest BCUT2D eigenvalue weighted by atomic mass is 32.1. The molecule has 4 amide bonds. The van der Waals surface area contributed by atoms with Gasteiger partial charge in [-0.25, -0.2) is 9.78 Å². The summed E-state index contributed by atoms with van der Waals surface area (Å²) in [6.45, 7) is 24.9. The molecule has 394 valence electrons. The third kappa shape index (κ3) is 11.7. The van der Waals surface area contributed by atoms with Gasteiger partial charge in [0.2, 0.25) is 17.5 Å². The van der Waals surface area contributed by atoms with Crippen LogP contribution in [0.3, 0.4) is 0 Å². The van der Waals surface area contributed by atoms with Crippen LogP contribution in [-0.2, 0) is 52.8 Å². The van der Waals surface area contributed by atoms with Crippen molar-refractivity contribution < 1.29 is 38.6 Å². The number of aryl methyl sites for hydroxylation is 1. The molecule has 0 spiro atoms. The van der Waals surface area contributed by atoms with Crippen molar-refractivity contribution >= 4 is 63.6 Å². The monoisotopic (exact) mass is 1020 g/mol. The molecule has 3 aromatic rings. The predicted octanol–water partition coefficient (Wildman–Crippen LogP) is 5.60. The molecule has 0 radical (unpaired) electrons. The number of esters is 1. The van der Waals surface area contributed by atoms with E-state index in [9.17, 15) is 29.1 Å². The number of fused-ring (bicyclic) bond motifs is 6. The number of aliphatic hydroxyl groups is 1. The Morgan fingerprint density at radius 3 is 2.55 bits per heavy atom. The summed E-state index contributed by atoms with van der Waals surface area (Å²) in [7, 11) is 3.22. The number of benzene rings is 1. The molecule has 5 atom stereocenters. The molecule has 2 aromatic heterocycles. The summed E-state index contributed by atoms with van der Waals surface area (Å²) in [4.78, 5) is 86.0. The molecule has 3 fully saturated rings. The van der Waals surface area contributed by atoms with E-state index in [1.807, 2.05) is 72.9 Å². The summed E-state index contributed by atoms with van der Waals surface area (Å²) in [6, 6.07) is 4.00. The summed E-state index contributed by atoms with van der Waals surface area (Å²) in [5, 5.41) is 19.6. The van der Waals surface area contributed by atoms with Crippen LogP contribution in [0.15, 0.2) is 46.9 Å². The number of methoxy groups -OCH3 is 1. The quantitative estimate of drug-likeness (QED) is 0.0887. The van der Waals surface area contributed by atoms with Crippen molar-refractivity contribution in [1.29, 1.82) is 0 Å². The van der Waals surface area contributed by atoms with Crippen LogP contribution in [0.25, 0.3) is 27.0 Å². The third-order valence-electron chi connectivity index (χ3n) is 14.8. The Balaban J connectivity index is 1.22. The Kier molecular flexibility index (Phi) is 16.9.